The first-order valence-corrected chi connectivity index (χ1v) is 6.85. The van der Waals surface area contributed by atoms with Crippen molar-refractivity contribution >= 4 is 11.6 Å². The molecule has 5 heteroatoms. The quantitative estimate of drug-likeness (QED) is 0.865. The van der Waals surface area contributed by atoms with Crippen LogP contribution in [0, 0.1) is 18.3 Å². The van der Waals surface area contributed by atoms with E-state index in [0.29, 0.717) is 12.0 Å². The number of nitriles is 1. The molecule has 20 heavy (non-hydrogen) atoms. The van der Waals surface area contributed by atoms with Gasteiger partial charge in [-0.25, -0.2) is 0 Å². The maximum absolute atomic E-state index is 12.5. The highest BCUT2D eigenvalue weighted by Gasteiger charge is 2.20. The van der Waals surface area contributed by atoms with E-state index in [2.05, 4.69) is 23.3 Å². The first-order valence-electron chi connectivity index (χ1n) is 6.85. The number of amides is 1. The second kappa shape index (κ2) is 7.49. The lowest BCUT2D eigenvalue weighted by Crippen LogP contribution is -2.35. The highest BCUT2D eigenvalue weighted by Crippen LogP contribution is 2.19. The van der Waals surface area contributed by atoms with E-state index in [0.717, 1.165) is 24.3 Å². The molecule has 0 aliphatic heterocycles. The van der Waals surface area contributed by atoms with Gasteiger partial charge in [-0.15, -0.1) is 0 Å². The minimum absolute atomic E-state index is 0.112. The third-order valence-electron chi connectivity index (χ3n) is 3.20. The molecule has 0 spiro atoms. The predicted octanol–water partition coefficient (Wildman–Crippen LogP) is 2.59. The molecular formula is C15H22N4O. The predicted molar refractivity (Wildman–Crippen MR) is 79.5 cm³/mol. The fourth-order valence-corrected chi connectivity index (χ4v) is 1.80. The summed E-state index contributed by atoms with van der Waals surface area (Å²) in [5, 5.41) is 12.0. The summed E-state index contributed by atoms with van der Waals surface area (Å²) >= 11 is 0. The molecule has 1 heterocycles. The highest BCUT2D eigenvalue weighted by atomic mass is 16.2. The van der Waals surface area contributed by atoms with Crippen LogP contribution in [0.15, 0.2) is 12.3 Å². The van der Waals surface area contributed by atoms with Crippen molar-refractivity contribution < 1.29 is 4.79 Å². The lowest BCUT2D eigenvalue weighted by atomic mass is 10.1. The van der Waals surface area contributed by atoms with Crippen LogP contribution in [0.25, 0.3) is 0 Å². The Hall–Kier alpha value is -2.09. The molecule has 0 saturated heterocycles. The number of carbonyl (C=O) groups is 1. The molecule has 0 fully saturated rings. The van der Waals surface area contributed by atoms with Crippen LogP contribution in [-0.2, 0) is 0 Å². The molecule has 0 aliphatic carbocycles. The van der Waals surface area contributed by atoms with Gasteiger partial charge in [-0.2, -0.15) is 5.26 Å². The normalized spacial score (nSPS) is 11.6. The minimum Gasteiger partial charge on any atom is -0.384 e. The van der Waals surface area contributed by atoms with Crippen LogP contribution in [0.1, 0.15) is 42.7 Å². The third kappa shape index (κ3) is 3.95. The van der Waals surface area contributed by atoms with Crippen LogP contribution in [0.4, 0.5) is 5.69 Å². The topological polar surface area (TPSA) is 69.0 Å². The molecule has 0 aromatic carbocycles. The van der Waals surface area contributed by atoms with Crippen molar-refractivity contribution in [1.82, 2.24) is 9.88 Å². The Bertz CT molecular complexity index is 507. The third-order valence-corrected chi connectivity index (χ3v) is 3.20. The van der Waals surface area contributed by atoms with Crippen molar-refractivity contribution in [2.75, 3.05) is 18.9 Å². The average molecular weight is 274 g/mol. The standard InChI is InChI=1S/C15H22N4O/c1-5-8-17-14-9-11(2)18-10-13(14)15(20)19(4)12(3)6-7-16/h9-10,12H,5-6,8H2,1-4H3,(H,17,18). The number of aryl methyl sites for hydroxylation is 1. The van der Waals surface area contributed by atoms with E-state index >= 15 is 0 Å². The van der Waals surface area contributed by atoms with Gasteiger partial charge in [-0.3, -0.25) is 9.78 Å². The molecule has 0 saturated carbocycles. The van der Waals surface area contributed by atoms with Gasteiger partial charge in [0.15, 0.2) is 0 Å². The van der Waals surface area contributed by atoms with Crippen molar-refractivity contribution in [3.8, 4) is 6.07 Å². The minimum atomic E-state index is -0.118. The number of hydrogen-bond acceptors (Lipinski definition) is 4. The van der Waals surface area contributed by atoms with Gasteiger partial charge in [-0.05, 0) is 26.3 Å². The molecular weight excluding hydrogens is 252 g/mol. The van der Waals surface area contributed by atoms with Crippen molar-refractivity contribution in [2.45, 2.75) is 39.7 Å². The molecule has 0 bridgehead atoms. The SMILES string of the molecule is CCCNc1cc(C)ncc1C(=O)N(C)C(C)CC#N. The molecule has 1 N–H and O–H groups in total. The first kappa shape index (κ1) is 16.0. The molecule has 1 atom stereocenters. The van der Waals surface area contributed by atoms with E-state index in [1.807, 2.05) is 19.9 Å². The molecule has 108 valence electrons. The second-order valence-electron chi connectivity index (χ2n) is 4.93. The fraction of sp³-hybridized carbons (Fsp3) is 0.533. The lowest BCUT2D eigenvalue weighted by Gasteiger charge is -2.24. The summed E-state index contributed by atoms with van der Waals surface area (Å²) in [6, 6.07) is 3.85. The van der Waals surface area contributed by atoms with Gasteiger partial charge in [0.25, 0.3) is 5.91 Å². The lowest BCUT2D eigenvalue weighted by molar-refractivity contribution is 0.0747. The van der Waals surface area contributed by atoms with Gasteiger partial charge >= 0.3 is 0 Å². The van der Waals surface area contributed by atoms with Gasteiger partial charge < -0.3 is 10.2 Å². The molecule has 1 unspecified atom stereocenters. The van der Waals surface area contributed by atoms with Gasteiger partial charge in [0.05, 0.1) is 23.7 Å². The van der Waals surface area contributed by atoms with E-state index in [1.54, 1.807) is 18.1 Å². The van der Waals surface area contributed by atoms with Gasteiger partial charge in [0.1, 0.15) is 0 Å². The summed E-state index contributed by atoms with van der Waals surface area (Å²) in [6.07, 6.45) is 2.90. The highest BCUT2D eigenvalue weighted by molar-refractivity contribution is 5.99. The number of hydrogen-bond donors (Lipinski definition) is 1. The van der Waals surface area contributed by atoms with Crippen LogP contribution in [0.3, 0.4) is 0 Å². The van der Waals surface area contributed by atoms with E-state index < -0.39 is 0 Å². The van der Waals surface area contributed by atoms with Gasteiger partial charge in [0.2, 0.25) is 0 Å². The Labute approximate surface area is 120 Å². The zero-order chi connectivity index (χ0) is 15.1. The van der Waals surface area contributed by atoms with Crippen molar-refractivity contribution in [2.24, 2.45) is 0 Å². The van der Waals surface area contributed by atoms with Crippen LogP contribution < -0.4 is 5.32 Å². The van der Waals surface area contributed by atoms with Crippen LogP contribution in [-0.4, -0.2) is 35.4 Å². The van der Waals surface area contributed by atoms with Gasteiger partial charge in [0, 0.05) is 31.5 Å². The number of anilines is 1. The summed E-state index contributed by atoms with van der Waals surface area (Å²) in [6.45, 7) is 6.64. The fourth-order valence-electron chi connectivity index (χ4n) is 1.80. The van der Waals surface area contributed by atoms with E-state index in [-0.39, 0.29) is 11.9 Å². The number of aromatic nitrogens is 1. The van der Waals surface area contributed by atoms with E-state index in [9.17, 15) is 4.79 Å². The number of pyridine rings is 1. The number of nitrogens with one attached hydrogen (secondary N) is 1. The Kier molecular flexibility index (Phi) is 5.98. The Morgan fingerprint density at radius 2 is 2.30 bits per heavy atom. The van der Waals surface area contributed by atoms with Gasteiger partial charge in [-0.1, -0.05) is 6.92 Å². The van der Waals surface area contributed by atoms with Crippen molar-refractivity contribution in [3.63, 3.8) is 0 Å². The Morgan fingerprint density at radius 1 is 1.60 bits per heavy atom. The Morgan fingerprint density at radius 3 is 2.90 bits per heavy atom. The van der Waals surface area contributed by atoms with E-state index in [1.165, 1.54) is 0 Å². The number of nitrogens with zero attached hydrogens (tertiary/aromatic N) is 3. The summed E-state index contributed by atoms with van der Waals surface area (Å²) in [4.78, 5) is 18.3. The van der Waals surface area contributed by atoms with Crippen LogP contribution in [0.5, 0.6) is 0 Å². The Balaban J connectivity index is 2.99. The monoisotopic (exact) mass is 274 g/mol. The van der Waals surface area contributed by atoms with E-state index in [4.69, 9.17) is 5.26 Å². The maximum Gasteiger partial charge on any atom is 0.257 e. The molecule has 1 aromatic rings. The molecule has 1 aromatic heterocycles. The molecule has 0 aliphatic rings. The van der Waals surface area contributed by atoms with Crippen LogP contribution >= 0.6 is 0 Å². The molecule has 1 rings (SSSR count). The maximum atomic E-state index is 12.5. The van der Waals surface area contributed by atoms with Crippen molar-refractivity contribution in [3.05, 3.63) is 23.5 Å². The molecule has 1 amide bonds. The largest absolute Gasteiger partial charge is 0.384 e. The summed E-state index contributed by atoms with van der Waals surface area (Å²) in [5.74, 6) is -0.112. The second-order valence-corrected chi connectivity index (χ2v) is 4.93. The zero-order valence-corrected chi connectivity index (χ0v) is 12.6. The number of carbonyl (C=O) groups excluding carboxylic acids is 1. The summed E-state index contributed by atoms with van der Waals surface area (Å²) in [7, 11) is 1.72. The smallest absolute Gasteiger partial charge is 0.257 e. The summed E-state index contributed by atoms with van der Waals surface area (Å²) < 4.78 is 0. The number of rotatable bonds is 6. The van der Waals surface area contributed by atoms with Crippen LogP contribution in [0.2, 0.25) is 0 Å². The zero-order valence-electron chi connectivity index (χ0n) is 12.6. The molecule has 5 nitrogen and oxygen atoms in total. The first-order chi connectivity index (χ1) is 9.51. The average Bonchev–Trinajstić information content (AvgIpc) is 2.44. The molecule has 0 radical (unpaired) electrons. The summed E-state index contributed by atoms with van der Waals surface area (Å²) in [5.41, 5.74) is 2.23. The van der Waals surface area contributed by atoms with Crippen molar-refractivity contribution in [1.29, 1.82) is 5.26 Å².